The molecule has 1 aliphatic heterocycles. The van der Waals surface area contributed by atoms with Gasteiger partial charge in [-0.25, -0.2) is 0 Å². The van der Waals surface area contributed by atoms with Crippen molar-refractivity contribution in [2.45, 2.75) is 45.6 Å². The first-order valence-electron chi connectivity index (χ1n) is 7.50. The molecule has 1 aliphatic rings. The van der Waals surface area contributed by atoms with Crippen LogP contribution in [0.2, 0.25) is 0 Å². The normalized spacial score (nSPS) is 16.3. The Bertz CT molecular complexity index is 522. The number of nitrogens with one attached hydrogen (secondary N) is 1. The molecular weight excluding hydrogens is 330 g/mol. The molecule has 0 aromatic heterocycles. The van der Waals surface area contributed by atoms with Gasteiger partial charge in [-0.15, -0.1) is 0 Å². The molecule has 3 nitrogen and oxygen atoms in total. The predicted octanol–water partition coefficient (Wildman–Crippen LogP) is 3.97. The number of ether oxygens (including phenoxy) is 1. The third kappa shape index (κ3) is 4.60. The van der Waals surface area contributed by atoms with Gasteiger partial charge in [0.1, 0.15) is 5.76 Å². The maximum atomic E-state index is 12.4. The number of hydrogen-bond donors (Lipinski definition) is 1. The third-order valence-electron chi connectivity index (χ3n) is 3.61. The van der Waals surface area contributed by atoms with Crippen molar-refractivity contribution in [3.05, 3.63) is 45.6 Å². The number of amides is 1. The third-order valence-corrected chi connectivity index (χ3v) is 4.14. The average Bonchev–Trinajstić information content (AvgIpc) is 2.49. The highest BCUT2D eigenvalue weighted by atomic mass is 79.9. The first-order valence-corrected chi connectivity index (χ1v) is 8.29. The molecule has 1 aromatic carbocycles. The second-order valence-corrected chi connectivity index (χ2v) is 6.33. The van der Waals surface area contributed by atoms with Crippen LogP contribution in [-0.2, 0) is 16.0 Å². The van der Waals surface area contributed by atoms with E-state index in [1.54, 1.807) is 0 Å². The molecule has 0 aliphatic carbocycles. The standard InChI is InChI=1S/C17H22BrNO2/c1-3-16-15(5-4-10-21-16)17(20)19-12(2)11-13-6-8-14(18)9-7-13/h6-9,12H,3-5,10-11H2,1-2H3,(H,19,20)/t12-/m0/s1. The number of carbonyl (C=O) groups is 1. The molecule has 0 fully saturated rings. The Kier molecular flexibility index (Phi) is 5.85. The maximum absolute atomic E-state index is 12.4. The zero-order valence-electron chi connectivity index (χ0n) is 12.6. The lowest BCUT2D eigenvalue weighted by molar-refractivity contribution is -0.118. The topological polar surface area (TPSA) is 38.3 Å². The van der Waals surface area contributed by atoms with Crippen LogP contribution in [0.4, 0.5) is 0 Å². The van der Waals surface area contributed by atoms with Gasteiger partial charge in [0.2, 0.25) is 0 Å². The minimum absolute atomic E-state index is 0.0242. The summed E-state index contributed by atoms with van der Waals surface area (Å²) in [4.78, 5) is 12.4. The molecule has 1 aromatic rings. The maximum Gasteiger partial charge on any atom is 0.250 e. The van der Waals surface area contributed by atoms with Gasteiger partial charge in [-0.2, -0.15) is 0 Å². The lowest BCUT2D eigenvalue weighted by atomic mass is 10.0. The molecule has 114 valence electrons. The molecule has 0 unspecified atom stereocenters. The molecule has 0 saturated heterocycles. The monoisotopic (exact) mass is 351 g/mol. The SMILES string of the molecule is CCC1=C(C(=O)N[C@@H](C)Cc2ccc(Br)cc2)CCCO1. The molecule has 0 bridgehead atoms. The van der Waals surface area contributed by atoms with E-state index in [0.29, 0.717) is 0 Å². The van der Waals surface area contributed by atoms with Crippen molar-refractivity contribution in [3.8, 4) is 0 Å². The summed E-state index contributed by atoms with van der Waals surface area (Å²) in [6, 6.07) is 8.30. The molecule has 2 rings (SSSR count). The van der Waals surface area contributed by atoms with Crippen LogP contribution in [0.5, 0.6) is 0 Å². The summed E-state index contributed by atoms with van der Waals surface area (Å²) in [5.74, 6) is 0.880. The Labute approximate surface area is 134 Å². The summed E-state index contributed by atoms with van der Waals surface area (Å²) < 4.78 is 6.66. The first-order chi connectivity index (χ1) is 10.1. The van der Waals surface area contributed by atoms with Gasteiger partial charge in [0.25, 0.3) is 5.91 Å². The largest absolute Gasteiger partial charge is 0.497 e. The van der Waals surface area contributed by atoms with E-state index in [2.05, 4.69) is 33.4 Å². The molecule has 0 spiro atoms. The number of allylic oxidation sites excluding steroid dienone is 1. The number of halogens is 1. The highest BCUT2D eigenvalue weighted by molar-refractivity contribution is 9.10. The van der Waals surface area contributed by atoms with E-state index in [1.165, 1.54) is 5.56 Å². The zero-order chi connectivity index (χ0) is 15.2. The van der Waals surface area contributed by atoms with Gasteiger partial charge in [0.05, 0.1) is 12.2 Å². The van der Waals surface area contributed by atoms with E-state index in [4.69, 9.17) is 4.74 Å². The second-order valence-electron chi connectivity index (χ2n) is 5.41. The summed E-state index contributed by atoms with van der Waals surface area (Å²) in [5.41, 5.74) is 2.04. The Morgan fingerprint density at radius 2 is 2.10 bits per heavy atom. The van der Waals surface area contributed by atoms with Crippen LogP contribution in [0, 0.1) is 0 Å². The Morgan fingerprint density at radius 3 is 2.76 bits per heavy atom. The van der Waals surface area contributed by atoms with Gasteiger partial charge in [-0.1, -0.05) is 35.0 Å². The zero-order valence-corrected chi connectivity index (χ0v) is 14.2. The lowest BCUT2D eigenvalue weighted by Gasteiger charge is -2.22. The van der Waals surface area contributed by atoms with Gasteiger partial charge in [0.15, 0.2) is 0 Å². The van der Waals surface area contributed by atoms with Crippen LogP contribution in [0.1, 0.15) is 38.7 Å². The highest BCUT2D eigenvalue weighted by Gasteiger charge is 2.20. The van der Waals surface area contributed by atoms with Crippen LogP contribution >= 0.6 is 15.9 Å². The van der Waals surface area contributed by atoms with E-state index in [-0.39, 0.29) is 11.9 Å². The second kappa shape index (κ2) is 7.64. The van der Waals surface area contributed by atoms with Crippen LogP contribution < -0.4 is 5.32 Å². The van der Waals surface area contributed by atoms with E-state index in [0.717, 1.165) is 48.1 Å². The van der Waals surface area contributed by atoms with Crippen molar-refractivity contribution in [1.29, 1.82) is 0 Å². The Morgan fingerprint density at radius 1 is 1.38 bits per heavy atom. The lowest BCUT2D eigenvalue weighted by Crippen LogP contribution is -2.36. The molecule has 1 amide bonds. The average molecular weight is 352 g/mol. The molecule has 4 heteroatoms. The molecule has 0 radical (unpaired) electrons. The van der Waals surface area contributed by atoms with Crippen molar-refractivity contribution in [3.63, 3.8) is 0 Å². The van der Waals surface area contributed by atoms with Gasteiger partial charge in [0, 0.05) is 16.9 Å². The van der Waals surface area contributed by atoms with Crippen molar-refractivity contribution < 1.29 is 9.53 Å². The summed E-state index contributed by atoms with van der Waals surface area (Å²) in [7, 11) is 0. The number of carbonyl (C=O) groups excluding carboxylic acids is 1. The quantitative estimate of drug-likeness (QED) is 0.871. The van der Waals surface area contributed by atoms with Gasteiger partial charge in [-0.05, 0) is 43.9 Å². The Hall–Kier alpha value is -1.29. The number of benzene rings is 1. The summed E-state index contributed by atoms with van der Waals surface area (Å²) >= 11 is 3.43. The van der Waals surface area contributed by atoms with Crippen LogP contribution in [0.25, 0.3) is 0 Å². The minimum Gasteiger partial charge on any atom is -0.497 e. The predicted molar refractivity (Wildman–Crippen MR) is 88.0 cm³/mol. The fourth-order valence-electron chi connectivity index (χ4n) is 2.56. The van der Waals surface area contributed by atoms with Crippen LogP contribution in [0.15, 0.2) is 40.1 Å². The number of hydrogen-bond acceptors (Lipinski definition) is 2. The van der Waals surface area contributed by atoms with Gasteiger partial charge >= 0.3 is 0 Å². The summed E-state index contributed by atoms with van der Waals surface area (Å²) in [6.45, 7) is 4.80. The van der Waals surface area contributed by atoms with Crippen molar-refractivity contribution in [2.24, 2.45) is 0 Å². The molecule has 21 heavy (non-hydrogen) atoms. The van der Waals surface area contributed by atoms with Crippen LogP contribution in [0.3, 0.4) is 0 Å². The van der Waals surface area contributed by atoms with Crippen molar-refractivity contribution in [1.82, 2.24) is 5.32 Å². The highest BCUT2D eigenvalue weighted by Crippen LogP contribution is 2.22. The Balaban J connectivity index is 1.95. The fourth-order valence-corrected chi connectivity index (χ4v) is 2.83. The van der Waals surface area contributed by atoms with Crippen LogP contribution in [-0.4, -0.2) is 18.6 Å². The van der Waals surface area contributed by atoms with Gasteiger partial charge in [-0.3, -0.25) is 4.79 Å². The van der Waals surface area contributed by atoms with E-state index < -0.39 is 0 Å². The van der Waals surface area contributed by atoms with Crippen molar-refractivity contribution in [2.75, 3.05) is 6.61 Å². The molecule has 0 saturated carbocycles. The molecule has 1 heterocycles. The molecular formula is C17H22BrNO2. The van der Waals surface area contributed by atoms with Crippen molar-refractivity contribution >= 4 is 21.8 Å². The van der Waals surface area contributed by atoms with E-state index in [9.17, 15) is 4.79 Å². The summed E-state index contributed by atoms with van der Waals surface area (Å²) in [6.07, 6.45) is 3.35. The van der Waals surface area contributed by atoms with E-state index in [1.807, 2.05) is 26.0 Å². The summed E-state index contributed by atoms with van der Waals surface area (Å²) in [5, 5.41) is 3.09. The fraction of sp³-hybridized carbons (Fsp3) is 0.471. The minimum atomic E-state index is 0.0242. The van der Waals surface area contributed by atoms with Gasteiger partial charge < -0.3 is 10.1 Å². The molecule has 1 atom stereocenters. The molecule has 1 N–H and O–H groups in total. The smallest absolute Gasteiger partial charge is 0.250 e. The first kappa shape index (κ1) is 16.1. The number of rotatable bonds is 5. The van der Waals surface area contributed by atoms with E-state index >= 15 is 0 Å².